The molecule has 0 aromatic heterocycles. The Kier molecular flexibility index (Phi) is 6.44. The van der Waals surface area contributed by atoms with E-state index in [1.54, 1.807) is 0 Å². The highest BCUT2D eigenvalue weighted by Gasteiger charge is 2.04. The summed E-state index contributed by atoms with van der Waals surface area (Å²) >= 11 is 0. The second-order valence-corrected chi connectivity index (χ2v) is 2.72. The molecule has 0 aliphatic heterocycles. The lowest BCUT2D eigenvalue weighted by molar-refractivity contribution is -0.136. The summed E-state index contributed by atoms with van der Waals surface area (Å²) in [5.41, 5.74) is 0.797. The van der Waals surface area contributed by atoms with Crippen molar-refractivity contribution in [2.24, 2.45) is 0 Å². The van der Waals surface area contributed by atoms with Crippen LogP contribution in [0.5, 0.6) is 0 Å². The topological polar surface area (TPSA) is 26.3 Å². The standard InChI is InChI=1S/C10H18O2/c1-4-6-7-8-9(5-2)10(11)12-3/h8H,4-7H2,1-3H3. The van der Waals surface area contributed by atoms with Crippen LogP contribution in [0.25, 0.3) is 0 Å². The lowest BCUT2D eigenvalue weighted by Crippen LogP contribution is -2.03. The maximum Gasteiger partial charge on any atom is 0.333 e. The van der Waals surface area contributed by atoms with E-state index >= 15 is 0 Å². The molecule has 0 aliphatic rings. The molecule has 0 heterocycles. The summed E-state index contributed by atoms with van der Waals surface area (Å²) in [7, 11) is 1.42. The number of unbranched alkanes of at least 4 members (excludes halogenated alkanes) is 2. The van der Waals surface area contributed by atoms with Gasteiger partial charge in [0.15, 0.2) is 0 Å². The zero-order valence-electron chi connectivity index (χ0n) is 8.22. The third-order valence-corrected chi connectivity index (χ3v) is 1.78. The van der Waals surface area contributed by atoms with E-state index in [2.05, 4.69) is 11.7 Å². The fraction of sp³-hybridized carbons (Fsp3) is 0.700. The lowest BCUT2D eigenvalue weighted by Gasteiger charge is -2.01. The summed E-state index contributed by atoms with van der Waals surface area (Å²) in [5.74, 6) is -0.186. The predicted octanol–water partition coefficient (Wildman–Crippen LogP) is 2.69. The van der Waals surface area contributed by atoms with Gasteiger partial charge in [0.2, 0.25) is 0 Å². The highest BCUT2D eigenvalue weighted by atomic mass is 16.5. The summed E-state index contributed by atoms with van der Waals surface area (Å²) in [6.07, 6.45) is 6.02. The van der Waals surface area contributed by atoms with Gasteiger partial charge in [-0.15, -0.1) is 0 Å². The highest BCUT2D eigenvalue weighted by molar-refractivity contribution is 5.88. The van der Waals surface area contributed by atoms with Gasteiger partial charge in [0, 0.05) is 5.57 Å². The van der Waals surface area contributed by atoms with Crippen LogP contribution in [0.15, 0.2) is 11.6 Å². The van der Waals surface area contributed by atoms with Gasteiger partial charge in [-0.1, -0.05) is 32.8 Å². The van der Waals surface area contributed by atoms with Crippen LogP contribution in [-0.4, -0.2) is 13.1 Å². The van der Waals surface area contributed by atoms with E-state index in [1.807, 2.05) is 13.0 Å². The largest absolute Gasteiger partial charge is 0.466 e. The smallest absolute Gasteiger partial charge is 0.333 e. The van der Waals surface area contributed by atoms with Gasteiger partial charge in [0.25, 0.3) is 0 Å². The predicted molar refractivity (Wildman–Crippen MR) is 49.9 cm³/mol. The monoisotopic (exact) mass is 170 g/mol. The maximum atomic E-state index is 11.0. The molecule has 0 atom stereocenters. The van der Waals surface area contributed by atoms with Crippen molar-refractivity contribution in [3.05, 3.63) is 11.6 Å². The van der Waals surface area contributed by atoms with Crippen molar-refractivity contribution < 1.29 is 9.53 Å². The normalized spacial score (nSPS) is 11.4. The summed E-state index contributed by atoms with van der Waals surface area (Å²) < 4.78 is 4.63. The maximum absolute atomic E-state index is 11.0. The molecule has 0 aromatic rings. The molecule has 0 unspecified atom stereocenters. The number of hydrogen-bond donors (Lipinski definition) is 0. The lowest BCUT2D eigenvalue weighted by atomic mass is 10.1. The third-order valence-electron chi connectivity index (χ3n) is 1.78. The minimum atomic E-state index is -0.186. The van der Waals surface area contributed by atoms with Gasteiger partial charge in [-0.2, -0.15) is 0 Å². The Balaban J connectivity index is 3.95. The highest BCUT2D eigenvalue weighted by Crippen LogP contribution is 2.06. The van der Waals surface area contributed by atoms with Crippen LogP contribution in [0, 0.1) is 0 Å². The van der Waals surface area contributed by atoms with Crippen molar-refractivity contribution in [2.45, 2.75) is 39.5 Å². The van der Waals surface area contributed by atoms with Gasteiger partial charge in [-0.3, -0.25) is 0 Å². The van der Waals surface area contributed by atoms with Gasteiger partial charge >= 0.3 is 5.97 Å². The molecule has 0 radical (unpaired) electrons. The van der Waals surface area contributed by atoms with E-state index < -0.39 is 0 Å². The van der Waals surface area contributed by atoms with Crippen LogP contribution < -0.4 is 0 Å². The van der Waals surface area contributed by atoms with Gasteiger partial charge in [-0.05, 0) is 12.8 Å². The number of carbonyl (C=O) groups is 1. The first-order chi connectivity index (χ1) is 5.76. The van der Waals surface area contributed by atoms with Crippen LogP contribution >= 0.6 is 0 Å². The summed E-state index contributed by atoms with van der Waals surface area (Å²) in [4.78, 5) is 11.0. The number of hydrogen-bond acceptors (Lipinski definition) is 2. The van der Waals surface area contributed by atoms with Crippen molar-refractivity contribution in [2.75, 3.05) is 7.11 Å². The molecule has 2 heteroatoms. The Hall–Kier alpha value is -0.790. The Morgan fingerprint density at radius 2 is 2.08 bits per heavy atom. The van der Waals surface area contributed by atoms with E-state index in [0.29, 0.717) is 0 Å². The molecule has 0 N–H and O–H groups in total. The van der Waals surface area contributed by atoms with Crippen molar-refractivity contribution in [1.29, 1.82) is 0 Å². The average molecular weight is 170 g/mol. The second kappa shape index (κ2) is 6.89. The van der Waals surface area contributed by atoms with E-state index in [4.69, 9.17) is 0 Å². The van der Waals surface area contributed by atoms with E-state index in [-0.39, 0.29) is 5.97 Å². The molecular formula is C10H18O2. The fourth-order valence-electron chi connectivity index (χ4n) is 0.984. The van der Waals surface area contributed by atoms with Crippen LogP contribution in [0.2, 0.25) is 0 Å². The Labute approximate surface area is 74.6 Å². The zero-order chi connectivity index (χ0) is 9.40. The molecule has 0 spiro atoms. The van der Waals surface area contributed by atoms with Crippen LogP contribution in [0.1, 0.15) is 39.5 Å². The first-order valence-corrected chi connectivity index (χ1v) is 4.53. The van der Waals surface area contributed by atoms with E-state index in [1.165, 1.54) is 7.11 Å². The molecule has 0 aliphatic carbocycles. The first-order valence-electron chi connectivity index (χ1n) is 4.53. The number of carbonyl (C=O) groups excluding carboxylic acids is 1. The quantitative estimate of drug-likeness (QED) is 0.360. The molecule has 0 bridgehead atoms. The van der Waals surface area contributed by atoms with Gasteiger partial charge in [0.1, 0.15) is 0 Å². The van der Waals surface area contributed by atoms with Crippen LogP contribution in [0.4, 0.5) is 0 Å². The summed E-state index contributed by atoms with van der Waals surface area (Å²) in [6, 6.07) is 0. The second-order valence-electron chi connectivity index (χ2n) is 2.72. The van der Waals surface area contributed by atoms with E-state index in [9.17, 15) is 4.79 Å². The Morgan fingerprint density at radius 1 is 1.42 bits per heavy atom. The third kappa shape index (κ3) is 4.16. The Bertz CT molecular complexity index is 159. The first kappa shape index (κ1) is 11.2. The minimum absolute atomic E-state index is 0.186. The Morgan fingerprint density at radius 3 is 2.50 bits per heavy atom. The minimum Gasteiger partial charge on any atom is -0.466 e. The average Bonchev–Trinajstić information content (AvgIpc) is 2.11. The van der Waals surface area contributed by atoms with Gasteiger partial charge in [0.05, 0.1) is 7.11 Å². The number of methoxy groups -OCH3 is 1. The number of rotatable bonds is 5. The fourth-order valence-corrected chi connectivity index (χ4v) is 0.984. The van der Waals surface area contributed by atoms with Gasteiger partial charge in [-0.25, -0.2) is 4.79 Å². The molecule has 0 saturated heterocycles. The summed E-state index contributed by atoms with van der Waals surface area (Å²) in [6.45, 7) is 4.10. The molecule has 12 heavy (non-hydrogen) atoms. The van der Waals surface area contributed by atoms with Crippen LogP contribution in [-0.2, 0) is 9.53 Å². The SMILES string of the molecule is CCCCC=C(CC)C(=O)OC. The van der Waals surface area contributed by atoms with Crippen molar-refractivity contribution in [1.82, 2.24) is 0 Å². The van der Waals surface area contributed by atoms with Crippen molar-refractivity contribution in [3.8, 4) is 0 Å². The number of esters is 1. The molecule has 0 rings (SSSR count). The molecule has 0 saturated carbocycles. The van der Waals surface area contributed by atoms with E-state index in [0.717, 1.165) is 31.3 Å². The van der Waals surface area contributed by atoms with Crippen LogP contribution in [0.3, 0.4) is 0 Å². The number of ether oxygens (including phenoxy) is 1. The zero-order valence-corrected chi connectivity index (χ0v) is 8.22. The molecule has 0 amide bonds. The number of allylic oxidation sites excluding steroid dienone is 1. The molecule has 0 aromatic carbocycles. The molecular weight excluding hydrogens is 152 g/mol. The molecule has 70 valence electrons. The van der Waals surface area contributed by atoms with Crippen molar-refractivity contribution >= 4 is 5.97 Å². The summed E-state index contributed by atoms with van der Waals surface area (Å²) in [5, 5.41) is 0. The molecule has 2 nitrogen and oxygen atoms in total. The molecule has 0 fully saturated rings. The van der Waals surface area contributed by atoms with Gasteiger partial charge < -0.3 is 4.74 Å². The van der Waals surface area contributed by atoms with Crippen molar-refractivity contribution in [3.63, 3.8) is 0 Å².